The fraction of sp³-hybridized carbons (Fsp3) is 0.0909. The Kier molecular flexibility index (Phi) is 5.14. The summed E-state index contributed by atoms with van der Waals surface area (Å²) >= 11 is 6.52. The molecule has 0 N–H and O–H groups in total. The van der Waals surface area contributed by atoms with Gasteiger partial charge < -0.3 is 0 Å². The van der Waals surface area contributed by atoms with Crippen molar-refractivity contribution in [1.29, 1.82) is 0 Å². The molecule has 3 aromatic heterocycles. The molecule has 0 saturated heterocycles. The highest BCUT2D eigenvalue weighted by molar-refractivity contribution is 9.10. The molecule has 0 saturated carbocycles. The lowest BCUT2D eigenvalue weighted by molar-refractivity contribution is 0.996. The summed E-state index contributed by atoms with van der Waals surface area (Å²) in [5.74, 6) is 1.24. The Morgan fingerprint density at radius 3 is 2.70 bits per heavy atom. The van der Waals surface area contributed by atoms with Crippen molar-refractivity contribution in [2.75, 3.05) is 0 Å². The molecule has 5 nitrogen and oxygen atoms in total. The predicted molar refractivity (Wildman–Crippen MR) is 126 cm³/mol. The zero-order valence-electron chi connectivity index (χ0n) is 15.9. The molecule has 0 fully saturated rings. The molecule has 0 aliphatic heterocycles. The van der Waals surface area contributed by atoms with Crippen LogP contribution in [0.4, 0.5) is 0 Å². The first-order valence-electron chi connectivity index (χ1n) is 9.21. The van der Waals surface area contributed by atoms with Gasteiger partial charge in [0.1, 0.15) is 5.03 Å². The number of rotatable bonds is 4. The van der Waals surface area contributed by atoms with Gasteiger partial charge in [-0.15, -0.1) is 11.3 Å². The number of fused-ring (bicyclic) bond motifs is 2. The quantitative estimate of drug-likeness (QED) is 0.236. The molecule has 0 radical (unpaired) electrons. The van der Waals surface area contributed by atoms with Gasteiger partial charge in [0.15, 0.2) is 10.8 Å². The molecule has 0 bridgehead atoms. The minimum absolute atomic E-state index is 0.0440. The zero-order valence-corrected chi connectivity index (χ0v) is 19.1. The van der Waals surface area contributed by atoms with E-state index < -0.39 is 0 Å². The van der Waals surface area contributed by atoms with E-state index >= 15 is 0 Å². The Labute approximate surface area is 189 Å². The number of thioether (sulfide) groups is 1. The first-order chi connectivity index (χ1) is 14.6. The van der Waals surface area contributed by atoms with E-state index in [0.29, 0.717) is 11.6 Å². The fourth-order valence-electron chi connectivity index (χ4n) is 3.20. The van der Waals surface area contributed by atoms with E-state index in [0.717, 1.165) is 42.3 Å². The monoisotopic (exact) mass is 494 g/mol. The Bertz CT molecular complexity index is 1440. The van der Waals surface area contributed by atoms with Crippen LogP contribution in [0.5, 0.6) is 0 Å². The van der Waals surface area contributed by atoms with Crippen LogP contribution >= 0.6 is 39.0 Å². The third-order valence-electron chi connectivity index (χ3n) is 4.66. The average Bonchev–Trinajstić information content (AvgIpc) is 3.13. The highest BCUT2D eigenvalue weighted by atomic mass is 79.9. The highest BCUT2D eigenvalue weighted by Crippen LogP contribution is 2.30. The second-order valence-electron chi connectivity index (χ2n) is 6.75. The third-order valence-corrected chi connectivity index (χ3v) is 7.15. The van der Waals surface area contributed by atoms with Crippen LogP contribution in [0.3, 0.4) is 0 Å². The number of para-hydroxylation sites is 1. The maximum absolute atomic E-state index is 12.5. The Balaban J connectivity index is 1.53. The number of aryl methyl sites for hydroxylation is 1. The molecule has 148 valence electrons. The van der Waals surface area contributed by atoms with Gasteiger partial charge in [-0.3, -0.25) is 9.20 Å². The first-order valence-corrected chi connectivity index (χ1v) is 11.9. The lowest BCUT2D eigenvalue weighted by atomic mass is 10.2. The largest absolute Gasteiger partial charge is 0.269 e. The van der Waals surface area contributed by atoms with Crippen LogP contribution < -0.4 is 5.56 Å². The van der Waals surface area contributed by atoms with E-state index in [1.54, 1.807) is 22.2 Å². The van der Waals surface area contributed by atoms with Crippen molar-refractivity contribution in [2.24, 2.45) is 0 Å². The standard InChI is InChI=1S/C22H15BrN4OS2/c1-13-11-30-22-24-16(10-19(28)27(13)22)12-29-21-17-4-2-3-5-18(17)25-20(26-21)14-6-8-15(23)9-7-14/h2-11H,12H2,1H3. The van der Waals surface area contributed by atoms with Gasteiger partial charge in [0.05, 0.1) is 11.2 Å². The van der Waals surface area contributed by atoms with Crippen molar-refractivity contribution in [2.45, 2.75) is 17.7 Å². The minimum Gasteiger partial charge on any atom is -0.269 e. The Morgan fingerprint density at radius 1 is 1.07 bits per heavy atom. The van der Waals surface area contributed by atoms with Gasteiger partial charge in [-0.2, -0.15) is 0 Å². The lowest BCUT2D eigenvalue weighted by Gasteiger charge is -2.09. The van der Waals surface area contributed by atoms with Crippen LogP contribution in [0.15, 0.2) is 74.3 Å². The molecular formula is C22H15BrN4OS2. The van der Waals surface area contributed by atoms with Gasteiger partial charge >= 0.3 is 0 Å². The van der Waals surface area contributed by atoms with E-state index in [4.69, 9.17) is 9.97 Å². The fourth-order valence-corrected chi connectivity index (χ4v) is 5.27. The van der Waals surface area contributed by atoms with E-state index in [-0.39, 0.29) is 5.56 Å². The number of nitrogens with zero attached hydrogens (tertiary/aromatic N) is 4. The first kappa shape index (κ1) is 19.4. The van der Waals surface area contributed by atoms with Gasteiger partial charge in [0.2, 0.25) is 0 Å². The lowest BCUT2D eigenvalue weighted by Crippen LogP contribution is -2.14. The number of halogens is 1. The van der Waals surface area contributed by atoms with Crippen molar-refractivity contribution in [1.82, 2.24) is 19.4 Å². The van der Waals surface area contributed by atoms with Crippen LogP contribution in [-0.2, 0) is 5.75 Å². The van der Waals surface area contributed by atoms with E-state index in [2.05, 4.69) is 20.9 Å². The molecule has 0 aliphatic carbocycles. The number of hydrogen-bond donors (Lipinski definition) is 0. The molecule has 8 heteroatoms. The summed E-state index contributed by atoms with van der Waals surface area (Å²) in [5, 5.41) is 3.82. The van der Waals surface area contributed by atoms with Gasteiger partial charge in [-0.05, 0) is 25.1 Å². The summed E-state index contributed by atoms with van der Waals surface area (Å²) < 4.78 is 2.66. The second-order valence-corrected chi connectivity index (χ2v) is 9.46. The van der Waals surface area contributed by atoms with Crippen LogP contribution in [0.2, 0.25) is 0 Å². The SMILES string of the molecule is Cc1csc2nc(CSc3nc(-c4ccc(Br)cc4)nc4ccccc34)cc(=O)n12. The van der Waals surface area contributed by atoms with Gasteiger partial charge in [0.25, 0.3) is 5.56 Å². The summed E-state index contributed by atoms with van der Waals surface area (Å²) in [6, 6.07) is 17.6. The number of thiazole rings is 1. The summed E-state index contributed by atoms with van der Waals surface area (Å²) in [6.45, 7) is 1.91. The summed E-state index contributed by atoms with van der Waals surface area (Å²) in [5.41, 5.74) is 3.47. The van der Waals surface area contributed by atoms with Crippen molar-refractivity contribution in [3.63, 3.8) is 0 Å². The van der Waals surface area contributed by atoms with Crippen molar-refractivity contribution >= 4 is 54.9 Å². The molecule has 0 spiro atoms. The maximum Gasteiger partial charge on any atom is 0.258 e. The van der Waals surface area contributed by atoms with E-state index in [1.807, 2.05) is 60.8 Å². The molecule has 5 rings (SSSR count). The van der Waals surface area contributed by atoms with Gasteiger partial charge in [0, 0.05) is 38.3 Å². The number of hydrogen-bond acceptors (Lipinski definition) is 6. The van der Waals surface area contributed by atoms with E-state index in [9.17, 15) is 4.79 Å². The smallest absolute Gasteiger partial charge is 0.258 e. The van der Waals surface area contributed by atoms with Gasteiger partial charge in [-0.25, -0.2) is 15.0 Å². The topological polar surface area (TPSA) is 60.2 Å². The van der Waals surface area contributed by atoms with Crippen LogP contribution in [0.1, 0.15) is 11.4 Å². The molecule has 2 aromatic carbocycles. The van der Waals surface area contributed by atoms with E-state index in [1.165, 1.54) is 11.3 Å². The highest BCUT2D eigenvalue weighted by Gasteiger charge is 2.12. The normalized spacial score (nSPS) is 11.4. The predicted octanol–water partition coefficient (Wildman–Crippen LogP) is 5.73. The molecule has 0 atom stereocenters. The molecule has 30 heavy (non-hydrogen) atoms. The Hall–Kier alpha value is -2.55. The van der Waals surface area contributed by atoms with Crippen molar-refractivity contribution in [3.05, 3.63) is 86.2 Å². The third kappa shape index (κ3) is 3.66. The summed E-state index contributed by atoms with van der Waals surface area (Å²) in [4.78, 5) is 27.4. The van der Waals surface area contributed by atoms with Crippen molar-refractivity contribution < 1.29 is 0 Å². The molecule has 0 unspecified atom stereocenters. The minimum atomic E-state index is -0.0440. The van der Waals surface area contributed by atoms with Crippen LogP contribution in [0.25, 0.3) is 27.3 Å². The van der Waals surface area contributed by atoms with Crippen LogP contribution in [-0.4, -0.2) is 19.4 Å². The van der Waals surface area contributed by atoms with Gasteiger partial charge in [-0.1, -0.05) is 58.0 Å². The van der Waals surface area contributed by atoms with Crippen LogP contribution in [0, 0.1) is 6.92 Å². The molecule has 3 heterocycles. The number of benzene rings is 2. The summed E-state index contributed by atoms with van der Waals surface area (Å²) in [6.07, 6.45) is 0. The molecule has 0 amide bonds. The maximum atomic E-state index is 12.5. The van der Waals surface area contributed by atoms with Crippen molar-refractivity contribution in [3.8, 4) is 11.4 Å². The molecular weight excluding hydrogens is 480 g/mol. The molecule has 0 aliphatic rings. The molecule has 5 aromatic rings. The zero-order chi connectivity index (χ0) is 20.7. The number of aromatic nitrogens is 4. The second kappa shape index (κ2) is 7.94. The average molecular weight is 495 g/mol. The Morgan fingerprint density at radius 2 is 1.87 bits per heavy atom. The summed E-state index contributed by atoms with van der Waals surface area (Å²) in [7, 11) is 0.